The zero-order valence-electron chi connectivity index (χ0n) is 10.1. The van der Waals surface area contributed by atoms with E-state index in [1.54, 1.807) is 13.8 Å². The highest BCUT2D eigenvalue weighted by Gasteiger charge is 2.30. The van der Waals surface area contributed by atoms with Gasteiger partial charge >= 0.3 is 5.97 Å². The maximum Gasteiger partial charge on any atom is 0.309 e. The maximum absolute atomic E-state index is 12.8. The molecule has 0 aromatic heterocycles. The van der Waals surface area contributed by atoms with Gasteiger partial charge in [-0.15, -0.1) is 0 Å². The Kier molecular flexibility index (Phi) is 4.63. The molecular weight excluding hydrogens is 223 g/mol. The Bertz CT molecular complexity index is 375. The molecule has 94 valence electrons. The topological polar surface area (TPSA) is 46.5 Å². The second-order valence-electron chi connectivity index (χ2n) is 3.87. The molecule has 0 heterocycles. The van der Waals surface area contributed by atoms with Crippen LogP contribution < -0.4 is 0 Å². The molecular formula is C13H17FO3. The van der Waals surface area contributed by atoms with Crippen molar-refractivity contribution in [2.24, 2.45) is 0 Å². The normalized spacial score (nSPS) is 14.1. The zero-order valence-corrected chi connectivity index (χ0v) is 10.1. The molecule has 0 fully saturated rings. The Balaban J connectivity index is 2.87. The van der Waals surface area contributed by atoms with E-state index in [0.717, 1.165) is 0 Å². The van der Waals surface area contributed by atoms with Gasteiger partial charge in [-0.2, -0.15) is 0 Å². The lowest BCUT2D eigenvalue weighted by atomic mass is 9.88. The molecule has 1 atom stereocenters. The van der Waals surface area contributed by atoms with Crippen molar-refractivity contribution in [2.75, 3.05) is 6.61 Å². The van der Waals surface area contributed by atoms with Crippen LogP contribution in [0.5, 0.6) is 0 Å². The Morgan fingerprint density at radius 2 is 1.94 bits per heavy atom. The Hall–Kier alpha value is -1.42. The predicted molar refractivity (Wildman–Crippen MR) is 61.8 cm³/mol. The predicted octanol–water partition coefficient (Wildman–Crippen LogP) is 2.38. The van der Waals surface area contributed by atoms with Crippen LogP contribution in [0.3, 0.4) is 0 Å². The molecule has 0 aliphatic carbocycles. The van der Waals surface area contributed by atoms with Crippen LogP contribution in [0.15, 0.2) is 24.3 Å². The first kappa shape index (κ1) is 13.6. The summed E-state index contributed by atoms with van der Waals surface area (Å²) in [7, 11) is 0. The molecule has 4 heteroatoms. The van der Waals surface area contributed by atoms with E-state index in [9.17, 15) is 14.3 Å². The second kappa shape index (κ2) is 5.77. The van der Waals surface area contributed by atoms with E-state index < -0.39 is 11.6 Å². The maximum atomic E-state index is 12.8. The van der Waals surface area contributed by atoms with Crippen LogP contribution in [0.4, 0.5) is 4.39 Å². The smallest absolute Gasteiger partial charge is 0.309 e. The van der Waals surface area contributed by atoms with E-state index in [-0.39, 0.29) is 18.8 Å². The molecule has 0 amide bonds. The van der Waals surface area contributed by atoms with Gasteiger partial charge in [-0.05, 0) is 31.0 Å². The summed E-state index contributed by atoms with van der Waals surface area (Å²) in [6.45, 7) is 3.76. The fourth-order valence-electron chi connectivity index (χ4n) is 1.64. The molecule has 17 heavy (non-hydrogen) atoms. The van der Waals surface area contributed by atoms with E-state index >= 15 is 0 Å². The Labute approximate surface area is 100 Å². The summed E-state index contributed by atoms with van der Waals surface area (Å²) >= 11 is 0. The van der Waals surface area contributed by atoms with Crippen LogP contribution in [-0.2, 0) is 15.1 Å². The molecule has 1 rings (SSSR count). The minimum atomic E-state index is -1.29. The molecule has 1 aromatic carbocycles. The van der Waals surface area contributed by atoms with Crippen LogP contribution in [0.2, 0.25) is 0 Å². The molecule has 0 saturated carbocycles. The average molecular weight is 240 g/mol. The summed E-state index contributed by atoms with van der Waals surface area (Å²) in [6, 6.07) is 5.50. The van der Waals surface area contributed by atoms with Gasteiger partial charge in [0, 0.05) is 0 Å². The van der Waals surface area contributed by atoms with Crippen molar-refractivity contribution in [3.63, 3.8) is 0 Å². The average Bonchev–Trinajstić information content (AvgIpc) is 2.30. The molecule has 0 aliphatic heterocycles. The molecule has 3 nitrogen and oxygen atoms in total. The first-order valence-corrected chi connectivity index (χ1v) is 5.66. The van der Waals surface area contributed by atoms with E-state index in [0.29, 0.717) is 12.0 Å². The summed E-state index contributed by atoms with van der Waals surface area (Å²) in [6.07, 6.45) is 0.237. The molecule has 0 spiro atoms. The third-order valence-corrected chi connectivity index (χ3v) is 2.71. The third kappa shape index (κ3) is 3.53. The number of rotatable bonds is 5. The summed E-state index contributed by atoms with van der Waals surface area (Å²) in [5.74, 6) is -0.829. The Morgan fingerprint density at radius 3 is 2.41 bits per heavy atom. The fraction of sp³-hybridized carbons (Fsp3) is 0.462. The third-order valence-electron chi connectivity index (χ3n) is 2.71. The first-order chi connectivity index (χ1) is 8.01. The highest BCUT2D eigenvalue weighted by Crippen LogP contribution is 2.29. The van der Waals surface area contributed by atoms with Crippen molar-refractivity contribution in [1.29, 1.82) is 0 Å². The van der Waals surface area contributed by atoms with Crippen LogP contribution in [0.1, 0.15) is 32.3 Å². The highest BCUT2D eigenvalue weighted by atomic mass is 19.1. The van der Waals surface area contributed by atoms with Gasteiger partial charge in [0.25, 0.3) is 0 Å². The molecule has 0 bridgehead atoms. The number of carbonyl (C=O) groups excluding carboxylic acids is 1. The summed E-state index contributed by atoms with van der Waals surface area (Å²) < 4.78 is 17.6. The molecule has 0 radical (unpaired) electrons. The van der Waals surface area contributed by atoms with Crippen LogP contribution in [-0.4, -0.2) is 17.7 Å². The lowest BCUT2D eigenvalue weighted by molar-refractivity contribution is -0.149. The van der Waals surface area contributed by atoms with Crippen molar-refractivity contribution in [1.82, 2.24) is 0 Å². The molecule has 1 unspecified atom stereocenters. The largest absolute Gasteiger partial charge is 0.466 e. The van der Waals surface area contributed by atoms with Crippen LogP contribution in [0.25, 0.3) is 0 Å². The quantitative estimate of drug-likeness (QED) is 0.804. The van der Waals surface area contributed by atoms with E-state index in [1.807, 2.05) is 0 Å². The molecule has 0 saturated heterocycles. The summed E-state index contributed by atoms with van der Waals surface area (Å²) in [5, 5.41) is 10.4. The minimum Gasteiger partial charge on any atom is -0.466 e. The first-order valence-electron chi connectivity index (χ1n) is 5.66. The van der Waals surface area contributed by atoms with Gasteiger partial charge in [-0.1, -0.05) is 19.1 Å². The van der Waals surface area contributed by atoms with Crippen molar-refractivity contribution in [3.05, 3.63) is 35.6 Å². The van der Waals surface area contributed by atoms with Crippen molar-refractivity contribution >= 4 is 5.97 Å². The van der Waals surface area contributed by atoms with Gasteiger partial charge in [-0.3, -0.25) is 4.79 Å². The summed E-state index contributed by atoms with van der Waals surface area (Å²) in [4.78, 5) is 11.4. The van der Waals surface area contributed by atoms with Gasteiger partial charge < -0.3 is 9.84 Å². The molecule has 0 aliphatic rings. The number of hydrogen-bond acceptors (Lipinski definition) is 3. The van der Waals surface area contributed by atoms with Crippen molar-refractivity contribution in [2.45, 2.75) is 32.3 Å². The number of ether oxygens (including phenoxy) is 1. The van der Waals surface area contributed by atoms with E-state index in [2.05, 4.69) is 0 Å². The summed E-state index contributed by atoms with van der Waals surface area (Å²) in [5.41, 5.74) is -0.769. The van der Waals surface area contributed by atoms with Gasteiger partial charge in [0.1, 0.15) is 5.82 Å². The number of esters is 1. The SMILES string of the molecule is CCOC(=O)CC(O)(CC)c1ccc(F)cc1. The zero-order chi connectivity index (χ0) is 12.9. The Morgan fingerprint density at radius 1 is 1.35 bits per heavy atom. The van der Waals surface area contributed by atoms with Gasteiger partial charge in [0.2, 0.25) is 0 Å². The number of benzene rings is 1. The highest BCUT2D eigenvalue weighted by molar-refractivity contribution is 5.71. The monoisotopic (exact) mass is 240 g/mol. The lowest BCUT2D eigenvalue weighted by Gasteiger charge is -2.26. The molecule has 1 N–H and O–H groups in total. The lowest BCUT2D eigenvalue weighted by Crippen LogP contribution is -2.29. The van der Waals surface area contributed by atoms with Gasteiger partial charge in [-0.25, -0.2) is 4.39 Å². The van der Waals surface area contributed by atoms with Gasteiger partial charge in [0.05, 0.1) is 18.6 Å². The second-order valence-corrected chi connectivity index (χ2v) is 3.87. The number of halogens is 1. The van der Waals surface area contributed by atoms with E-state index in [4.69, 9.17) is 4.74 Å². The number of aliphatic hydroxyl groups is 1. The molecule has 1 aromatic rings. The number of carbonyl (C=O) groups is 1. The van der Waals surface area contributed by atoms with E-state index in [1.165, 1.54) is 24.3 Å². The van der Waals surface area contributed by atoms with Crippen LogP contribution in [0, 0.1) is 5.82 Å². The van der Waals surface area contributed by atoms with Crippen LogP contribution >= 0.6 is 0 Å². The fourth-order valence-corrected chi connectivity index (χ4v) is 1.64. The van der Waals surface area contributed by atoms with Crippen molar-refractivity contribution in [3.8, 4) is 0 Å². The standard InChI is InChI=1S/C13H17FO3/c1-3-13(16,9-12(15)17-4-2)10-5-7-11(14)8-6-10/h5-8,16H,3-4,9H2,1-2H3. The number of hydrogen-bond donors (Lipinski definition) is 1. The van der Waals surface area contributed by atoms with Gasteiger partial charge in [0.15, 0.2) is 0 Å². The van der Waals surface area contributed by atoms with Crippen molar-refractivity contribution < 1.29 is 19.0 Å². The minimum absolute atomic E-state index is 0.122.